The van der Waals surface area contributed by atoms with Crippen molar-refractivity contribution in [2.45, 2.75) is 19.9 Å². The lowest BCUT2D eigenvalue weighted by molar-refractivity contribution is -0.147. The smallest absolute Gasteiger partial charge is 0.312 e. The zero-order chi connectivity index (χ0) is 19.8. The van der Waals surface area contributed by atoms with E-state index >= 15 is 0 Å². The number of nitrogens with one attached hydrogen (secondary N) is 1. The van der Waals surface area contributed by atoms with Gasteiger partial charge in [0, 0.05) is 45.5 Å². The number of nitrogens with zero attached hydrogens (tertiary/aromatic N) is 3. The first kappa shape index (κ1) is 20.6. The van der Waals surface area contributed by atoms with Crippen molar-refractivity contribution in [1.82, 2.24) is 20.1 Å². The lowest BCUT2D eigenvalue weighted by Crippen LogP contribution is -2.54. The predicted molar refractivity (Wildman–Crippen MR) is 97.4 cm³/mol. The number of amides is 3. The van der Waals surface area contributed by atoms with Crippen molar-refractivity contribution < 1.29 is 23.9 Å². The Bertz CT molecular complexity index is 671. The number of methoxy groups -OCH3 is 1. The second-order valence-electron chi connectivity index (χ2n) is 6.41. The van der Waals surface area contributed by atoms with Gasteiger partial charge in [-0.3, -0.25) is 14.4 Å². The van der Waals surface area contributed by atoms with E-state index in [1.54, 1.807) is 44.2 Å². The highest BCUT2D eigenvalue weighted by atomic mass is 16.5. The molecule has 27 heavy (non-hydrogen) atoms. The van der Waals surface area contributed by atoms with Gasteiger partial charge in [-0.15, -0.1) is 0 Å². The van der Waals surface area contributed by atoms with E-state index in [1.165, 1.54) is 4.90 Å². The van der Waals surface area contributed by atoms with Crippen LogP contribution in [-0.2, 0) is 14.3 Å². The highest BCUT2D eigenvalue weighted by Gasteiger charge is 2.29. The van der Waals surface area contributed by atoms with E-state index in [1.807, 2.05) is 0 Å². The first-order chi connectivity index (χ1) is 12.9. The van der Waals surface area contributed by atoms with Crippen molar-refractivity contribution in [3.63, 3.8) is 0 Å². The monoisotopic (exact) mass is 378 g/mol. The fourth-order valence-electron chi connectivity index (χ4n) is 2.64. The zero-order valence-electron chi connectivity index (χ0n) is 15.9. The van der Waals surface area contributed by atoms with Crippen molar-refractivity contribution in [2.24, 2.45) is 0 Å². The van der Waals surface area contributed by atoms with Crippen LogP contribution >= 0.6 is 0 Å². The molecule has 1 aliphatic rings. The van der Waals surface area contributed by atoms with Gasteiger partial charge in [0.05, 0.1) is 6.61 Å². The minimum absolute atomic E-state index is 0.105. The van der Waals surface area contributed by atoms with E-state index in [2.05, 4.69) is 10.3 Å². The largest absolute Gasteiger partial charge is 0.475 e. The van der Waals surface area contributed by atoms with Gasteiger partial charge in [0.15, 0.2) is 0 Å². The van der Waals surface area contributed by atoms with E-state index in [0.29, 0.717) is 45.0 Å². The third-order valence-electron chi connectivity index (χ3n) is 4.00. The molecule has 0 bridgehead atoms. The molecule has 2 rings (SSSR count). The van der Waals surface area contributed by atoms with Crippen molar-refractivity contribution in [3.05, 3.63) is 23.9 Å². The summed E-state index contributed by atoms with van der Waals surface area (Å²) in [5.41, 5.74) is 0.367. The molecular weight excluding hydrogens is 352 g/mol. The summed E-state index contributed by atoms with van der Waals surface area (Å²) in [4.78, 5) is 44.0. The molecule has 3 amide bonds. The molecule has 0 unspecified atom stereocenters. The van der Waals surface area contributed by atoms with E-state index in [9.17, 15) is 14.4 Å². The second kappa shape index (κ2) is 9.86. The van der Waals surface area contributed by atoms with Crippen molar-refractivity contribution in [2.75, 3.05) is 46.5 Å². The molecule has 1 saturated heterocycles. The summed E-state index contributed by atoms with van der Waals surface area (Å²) in [6.45, 7) is 5.55. The molecule has 0 saturated carbocycles. The van der Waals surface area contributed by atoms with Crippen LogP contribution in [0.25, 0.3) is 0 Å². The summed E-state index contributed by atoms with van der Waals surface area (Å²) < 4.78 is 10.5. The van der Waals surface area contributed by atoms with Crippen LogP contribution in [0.3, 0.4) is 0 Å². The molecule has 9 nitrogen and oxygen atoms in total. The van der Waals surface area contributed by atoms with Gasteiger partial charge in [0.1, 0.15) is 12.2 Å². The summed E-state index contributed by atoms with van der Waals surface area (Å²) in [6, 6.07) is 3.23. The number of rotatable bonds is 6. The Kier molecular flexibility index (Phi) is 7.54. The van der Waals surface area contributed by atoms with Gasteiger partial charge in [0.25, 0.3) is 5.91 Å². The number of carbonyl (C=O) groups is 3. The van der Waals surface area contributed by atoms with E-state index in [-0.39, 0.29) is 17.8 Å². The SMILES string of the molecule is COCCOc1ncccc1C(=O)N1CCN(C(=O)C(=O)NC(C)C)CC1. The Morgan fingerprint density at radius 3 is 2.44 bits per heavy atom. The molecule has 1 aliphatic heterocycles. The normalized spacial score (nSPS) is 14.2. The number of carbonyl (C=O) groups excluding carboxylic acids is 3. The Hall–Kier alpha value is -2.68. The maximum absolute atomic E-state index is 12.8. The molecule has 1 fully saturated rings. The molecule has 2 heterocycles. The minimum atomic E-state index is -0.620. The van der Waals surface area contributed by atoms with E-state index in [0.717, 1.165) is 0 Å². The number of hydrogen-bond acceptors (Lipinski definition) is 6. The molecular formula is C18H26N4O5. The van der Waals surface area contributed by atoms with E-state index in [4.69, 9.17) is 9.47 Å². The van der Waals surface area contributed by atoms with Crippen LogP contribution in [0, 0.1) is 0 Å². The minimum Gasteiger partial charge on any atom is -0.475 e. The van der Waals surface area contributed by atoms with Crippen molar-refractivity contribution >= 4 is 17.7 Å². The van der Waals surface area contributed by atoms with Gasteiger partial charge in [-0.1, -0.05) is 0 Å². The number of aromatic nitrogens is 1. The topological polar surface area (TPSA) is 101 Å². The molecule has 0 aromatic carbocycles. The van der Waals surface area contributed by atoms with Crippen molar-refractivity contribution in [1.29, 1.82) is 0 Å². The lowest BCUT2D eigenvalue weighted by atomic mass is 10.2. The Balaban J connectivity index is 1.95. The molecule has 9 heteroatoms. The summed E-state index contributed by atoms with van der Waals surface area (Å²) in [7, 11) is 1.57. The lowest BCUT2D eigenvalue weighted by Gasteiger charge is -2.34. The van der Waals surface area contributed by atoms with E-state index < -0.39 is 11.8 Å². The van der Waals surface area contributed by atoms with Gasteiger partial charge >= 0.3 is 11.8 Å². The summed E-state index contributed by atoms with van der Waals surface area (Å²) in [5, 5.41) is 2.59. The maximum Gasteiger partial charge on any atom is 0.312 e. The number of ether oxygens (including phenoxy) is 2. The number of hydrogen-bond donors (Lipinski definition) is 1. The molecule has 148 valence electrons. The molecule has 0 atom stereocenters. The summed E-state index contributed by atoms with van der Waals surface area (Å²) in [6.07, 6.45) is 1.56. The van der Waals surface area contributed by atoms with Crippen LogP contribution in [0.2, 0.25) is 0 Å². The quantitative estimate of drug-likeness (QED) is 0.549. The fraction of sp³-hybridized carbons (Fsp3) is 0.556. The molecule has 1 N–H and O–H groups in total. The highest BCUT2D eigenvalue weighted by Crippen LogP contribution is 2.18. The van der Waals surface area contributed by atoms with Gasteiger partial charge in [-0.25, -0.2) is 4.98 Å². The average molecular weight is 378 g/mol. The first-order valence-electron chi connectivity index (χ1n) is 8.89. The van der Waals surface area contributed by atoms with Crippen LogP contribution in [0.1, 0.15) is 24.2 Å². The third kappa shape index (κ3) is 5.65. The number of pyridine rings is 1. The summed E-state index contributed by atoms with van der Waals surface area (Å²) in [5.74, 6) is -1.14. The summed E-state index contributed by atoms with van der Waals surface area (Å²) >= 11 is 0. The van der Waals surface area contributed by atoms with Gasteiger partial charge < -0.3 is 24.6 Å². The van der Waals surface area contributed by atoms with Crippen LogP contribution in [0.5, 0.6) is 5.88 Å². The molecule has 1 aromatic heterocycles. The highest BCUT2D eigenvalue weighted by molar-refractivity contribution is 6.35. The van der Waals surface area contributed by atoms with Crippen LogP contribution < -0.4 is 10.1 Å². The average Bonchev–Trinajstić information content (AvgIpc) is 2.67. The van der Waals surface area contributed by atoms with Crippen molar-refractivity contribution in [3.8, 4) is 5.88 Å². The second-order valence-corrected chi connectivity index (χ2v) is 6.41. The van der Waals surface area contributed by atoms with Gasteiger partial charge in [-0.05, 0) is 26.0 Å². The van der Waals surface area contributed by atoms with Crippen LogP contribution in [0.15, 0.2) is 18.3 Å². The fourth-order valence-corrected chi connectivity index (χ4v) is 2.64. The molecule has 0 radical (unpaired) electrons. The maximum atomic E-state index is 12.8. The number of piperazine rings is 1. The zero-order valence-corrected chi connectivity index (χ0v) is 15.9. The standard InChI is InChI=1S/C18H26N4O5/c1-13(2)20-15(23)18(25)22-9-7-21(8-10-22)17(24)14-5-4-6-19-16(14)27-12-11-26-3/h4-6,13H,7-12H2,1-3H3,(H,20,23). The molecule has 0 aliphatic carbocycles. The van der Waals surface area contributed by atoms with Crippen LogP contribution in [0.4, 0.5) is 0 Å². The molecule has 0 spiro atoms. The molecule has 1 aromatic rings. The van der Waals surface area contributed by atoms with Crippen LogP contribution in [-0.4, -0.2) is 85.0 Å². The Morgan fingerprint density at radius 2 is 1.81 bits per heavy atom. The first-order valence-corrected chi connectivity index (χ1v) is 8.89. The Morgan fingerprint density at radius 1 is 1.15 bits per heavy atom. The van der Waals surface area contributed by atoms with Gasteiger partial charge in [0.2, 0.25) is 5.88 Å². The van der Waals surface area contributed by atoms with Gasteiger partial charge in [-0.2, -0.15) is 0 Å². The third-order valence-corrected chi connectivity index (χ3v) is 4.00. The Labute approximate surface area is 158 Å². The predicted octanol–water partition coefficient (Wildman–Crippen LogP) is -0.0842.